The number of hydrogen-bond acceptors (Lipinski definition) is 1. The first kappa shape index (κ1) is 17.4. The van der Waals surface area contributed by atoms with Crippen LogP contribution in [-0.4, -0.2) is 0 Å². The Bertz CT molecular complexity index is 12.8. The molecule has 4 heavy (non-hydrogen) atoms. The van der Waals surface area contributed by atoms with E-state index in [1.807, 2.05) is 0 Å². The van der Waals surface area contributed by atoms with Crippen LogP contribution in [0.2, 0.25) is 0 Å². The molecule has 0 unspecified atom stereocenters. The van der Waals surface area contributed by atoms with Crippen molar-refractivity contribution in [3.8, 4) is 0 Å². The third-order valence-corrected chi connectivity index (χ3v) is 0. The normalized spacial score (nSPS) is 0.500. The van der Waals surface area contributed by atoms with Gasteiger partial charge < -0.3 is 11.8 Å². The van der Waals surface area contributed by atoms with Gasteiger partial charge in [0.15, 0.2) is 0 Å². The van der Waals surface area contributed by atoms with Crippen molar-refractivity contribution in [1.82, 2.24) is 0 Å². The van der Waals surface area contributed by atoms with Crippen molar-refractivity contribution in [3.63, 3.8) is 0 Å². The molecule has 0 heterocycles. The Morgan fingerprint density at radius 1 is 1.25 bits per heavy atom. The summed E-state index contributed by atoms with van der Waals surface area (Å²) in [6, 6.07) is 0. The number of nitrogens with zero attached hydrogens (tertiary/aromatic N) is 1. The fraction of sp³-hybridized carbons (Fsp3) is 0. The van der Waals surface area contributed by atoms with Gasteiger partial charge in [-0.1, -0.05) is 0 Å². The second kappa shape index (κ2) is 22.8. The Kier molecular flexibility index (Phi) is 99.2. The van der Waals surface area contributed by atoms with Crippen molar-refractivity contribution in [2.24, 2.45) is 0 Å². The third kappa shape index (κ3) is 9.42. The van der Waals surface area contributed by atoms with Gasteiger partial charge in [0.05, 0.1) is 0 Å². The van der Waals surface area contributed by atoms with Gasteiger partial charge in [-0.25, -0.2) is 0 Å². The molecular formula is CCuKN+2. The summed E-state index contributed by atoms with van der Waals surface area (Å²) in [5.41, 5.74) is 0. The van der Waals surface area contributed by atoms with E-state index in [9.17, 15) is 0 Å². The van der Waals surface area contributed by atoms with Crippen molar-refractivity contribution >= 4 is 0 Å². The first-order valence-corrected chi connectivity index (χ1v) is 0.224. The predicted molar refractivity (Wildman–Crippen MR) is 4.97 cm³/mol. The molecule has 0 fully saturated rings. The van der Waals surface area contributed by atoms with Gasteiger partial charge in [-0.2, -0.15) is 0 Å². The van der Waals surface area contributed by atoms with E-state index in [0.29, 0.717) is 0 Å². The molecule has 0 rings (SSSR count). The fourth-order valence-corrected chi connectivity index (χ4v) is 0. The Morgan fingerprint density at radius 2 is 1.25 bits per heavy atom. The van der Waals surface area contributed by atoms with E-state index in [1.165, 1.54) is 0 Å². The SMILES string of the molecule is [C-]#N.[Cu+2].[K+]. The molecular weight excluding hydrogens is 129 g/mol. The average molecular weight is 129 g/mol. The smallest absolute Gasteiger partial charge is 0.512 e. The zero-order valence-corrected chi connectivity index (χ0v) is 6.31. The molecule has 0 aliphatic heterocycles. The van der Waals surface area contributed by atoms with Crippen LogP contribution in [0.5, 0.6) is 0 Å². The third-order valence-electron chi connectivity index (χ3n) is 0. The van der Waals surface area contributed by atoms with Gasteiger partial charge in [0.1, 0.15) is 0 Å². The summed E-state index contributed by atoms with van der Waals surface area (Å²) < 4.78 is 0. The van der Waals surface area contributed by atoms with E-state index >= 15 is 0 Å². The van der Waals surface area contributed by atoms with Crippen LogP contribution in [0, 0.1) is 11.8 Å². The van der Waals surface area contributed by atoms with E-state index in [0.717, 1.165) is 0 Å². The maximum atomic E-state index is 6.25. The Balaban J connectivity index is -0.00000000500. The quantitative estimate of drug-likeness (QED) is 0.254. The van der Waals surface area contributed by atoms with E-state index in [1.54, 1.807) is 0 Å². The Labute approximate surface area is 78.7 Å². The van der Waals surface area contributed by atoms with Crippen molar-refractivity contribution in [3.05, 3.63) is 6.57 Å². The minimum absolute atomic E-state index is 0. The van der Waals surface area contributed by atoms with Crippen molar-refractivity contribution in [1.29, 1.82) is 5.26 Å². The fourth-order valence-electron chi connectivity index (χ4n) is 0. The molecule has 0 aromatic heterocycles. The van der Waals surface area contributed by atoms with Crippen LogP contribution in [0.3, 0.4) is 0 Å². The molecule has 19 valence electrons. The molecule has 0 aliphatic carbocycles. The van der Waals surface area contributed by atoms with Crippen LogP contribution in [0.25, 0.3) is 0 Å². The molecule has 0 saturated heterocycles. The molecule has 0 amide bonds. The van der Waals surface area contributed by atoms with Crippen molar-refractivity contribution in [2.75, 3.05) is 0 Å². The summed E-state index contributed by atoms with van der Waals surface area (Å²) in [6.07, 6.45) is 0. The molecule has 0 N–H and O–H groups in total. The summed E-state index contributed by atoms with van der Waals surface area (Å²) in [4.78, 5) is 0. The monoisotopic (exact) mass is 128 g/mol. The Morgan fingerprint density at radius 3 is 1.25 bits per heavy atom. The zero-order valence-electron chi connectivity index (χ0n) is 2.25. The van der Waals surface area contributed by atoms with Gasteiger partial charge in [0.25, 0.3) is 0 Å². The van der Waals surface area contributed by atoms with Crippen molar-refractivity contribution < 1.29 is 68.5 Å². The summed E-state index contributed by atoms with van der Waals surface area (Å²) in [7, 11) is 0. The molecule has 0 atom stereocenters. The van der Waals surface area contributed by atoms with E-state index in [-0.39, 0.29) is 68.5 Å². The first-order valence-electron chi connectivity index (χ1n) is 0.224. The molecule has 0 aromatic carbocycles. The number of hydrogen-bond donors (Lipinski definition) is 0. The van der Waals surface area contributed by atoms with E-state index < -0.39 is 0 Å². The second-order valence-electron chi connectivity index (χ2n) is 0. The maximum Gasteiger partial charge on any atom is 2.00 e. The van der Waals surface area contributed by atoms with Crippen LogP contribution in [0.4, 0.5) is 0 Å². The van der Waals surface area contributed by atoms with Gasteiger partial charge in [-0.05, 0) is 0 Å². The van der Waals surface area contributed by atoms with Crippen LogP contribution in [0.15, 0.2) is 0 Å². The molecule has 0 aliphatic rings. The summed E-state index contributed by atoms with van der Waals surface area (Å²) in [6.45, 7) is 4.75. The molecule has 1 radical (unpaired) electrons. The van der Waals surface area contributed by atoms with E-state index in [4.69, 9.17) is 11.8 Å². The van der Waals surface area contributed by atoms with E-state index in [2.05, 4.69) is 0 Å². The summed E-state index contributed by atoms with van der Waals surface area (Å²) in [5.74, 6) is 0. The summed E-state index contributed by atoms with van der Waals surface area (Å²) >= 11 is 0. The van der Waals surface area contributed by atoms with Crippen LogP contribution in [-0.2, 0) is 17.1 Å². The predicted octanol–water partition coefficient (Wildman–Crippen LogP) is -2.90. The van der Waals surface area contributed by atoms with Gasteiger partial charge in [0.2, 0.25) is 0 Å². The Hall–Kier alpha value is 1.65. The van der Waals surface area contributed by atoms with Crippen LogP contribution in [0.1, 0.15) is 0 Å². The largest absolute Gasteiger partial charge is 2.00 e. The molecule has 0 bridgehead atoms. The minimum Gasteiger partial charge on any atom is -0.512 e. The standard InChI is InChI=1S/CN.Cu.K/c1-2;;/q-1;+2;+1. The van der Waals surface area contributed by atoms with Crippen LogP contribution >= 0.6 is 0 Å². The van der Waals surface area contributed by atoms with Gasteiger partial charge in [0, 0.05) is 0 Å². The number of rotatable bonds is 0. The summed E-state index contributed by atoms with van der Waals surface area (Å²) in [5, 5.41) is 6.25. The maximum absolute atomic E-state index is 6.25. The topological polar surface area (TPSA) is 23.8 Å². The second-order valence-corrected chi connectivity index (χ2v) is 0. The molecule has 0 spiro atoms. The molecule has 3 heteroatoms. The zero-order chi connectivity index (χ0) is 2.00. The molecule has 0 aromatic rings. The molecule has 0 saturated carbocycles. The van der Waals surface area contributed by atoms with Crippen molar-refractivity contribution in [2.45, 2.75) is 0 Å². The first-order chi connectivity index (χ1) is 1.00. The van der Waals surface area contributed by atoms with Crippen LogP contribution < -0.4 is 51.4 Å². The van der Waals surface area contributed by atoms with Gasteiger partial charge >= 0.3 is 68.5 Å². The minimum atomic E-state index is 0. The molecule has 1 nitrogen and oxygen atoms in total. The average Bonchev–Trinajstić information content (AvgIpc) is 1.00. The van der Waals surface area contributed by atoms with Gasteiger partial charge in [-0.15, -0.1) is 0 Å². The van der Waals surface area contributed by atoms with Gasteiger partial charge in [-0.3, -0.25) is 0 Å².